The SMILES string of the molecule is C=C[C@@]1(C)C(C[C@]2(OCOC)CCC(C)=C(I)[C@]2(C)COCc2ccccc2)=CCC[C@@H]1OCc1ccccc1. The number of hydrogen-bond acceptors (Lipinski definition) is 4. The summed E-state index contributed by atoms with van der Waals surface area (Å²) in [6.07, 6.45) is 9.16. The summed E-state index contributed by atoms with van der Waals surface area (Å²) in [6, 6.07) is 20.8. The maximum Gasteiger partial charge on any atom is 0.147 e. The molecule has 2 aliphatic carbocycles. The Morgan fingerprint density at radius 1 is 1.00 bits per heavy atom. The van der Waals surface area contributed by atoms with Gasteiger partial charge in [0.25, 0.3) is 0 Å². The Balaban J connectivity index is 1.62. The van der Waals surface area contributed by atoms with E-state index in [-0.39, 0.29) is 23.7 Å². The molecule has 5 heteroatoms. The summed E-state index contributed by atoms with van der Waals surface area (Å²) in [5.41, 5.74) is 3.97. The summed E-state index contributed by atoms with van der Waals surface area (Å²) >= 11 is 2.54. The van der Waals surface area contributed by atoms with E-state index in [1.54, 1.807) is 7.11 Å². The van der Waals surface area contributed by atoms with Crippen LogP contribution in [0.5, 0.6) is 0 Å². The molecule has 0 bridgehead atoms. The Hall–Kier alpha value is -1.77. The van der Waals surface area contributed by atoms with E-state index < -0.39 is 5.60 Å². The maximum absolute atomic E-state index is 6.80. The molecule has 216 valence electrons. The lowest BCUT2D eigenvalue weighted by Gasteiger charge is -2.54. The van der Waals surface area contributed by atoms with Gasteiger partial charge in [0, 0.05) is 16.1 Å². The van der Waals surface area contributed by atoms with Crippen LogP contribution >= 0.6 is 22.6 Å². The third-order valence-electron chi connectivity index (χ3n) is 9.10. The lowest BCUT2D eigenvalue weighted by Crippen LogP contribution is -2.55. The molecule has 0 N–H and O–H groups in total. The van der Waals surface area contributed by atoms with E-state index in [9.17, 15) is 0 Å². The summed E-state index contributed by atoms with van der Waals surface area (Å²) in [5, 5.41) is 0. The molecule has 4 atom stereocenters. The monoisotopic (exact) mass is 656 g/mol. The number of benzene rings is 2. The molecule has 2 aromatic carbocycles. The summed E-state index contributed by atoms with van der Waals surface area (Å²) in [6.45, 7) is 13.1. The van der Waals surface area contributed by atoms with Gasteiger partial charge in [-0.3, -0.25) is 0 Å². The minimum absolute atomic E-state index is 0.0465. The average molecular weight is 657 g/mol. The van der Waals surface area contributed by atoms with Crippen molar-refractivity contribution in [2.75, 3.05) is 20.5 Å². The van der Waals surface area contributed by atoms with E-state index in [1.807, 2.05) is 12.1 Å². The van der Waals surface area contributed by atoms with Crippen LogP contribution in [0.2, 0.25) is 0 Å². The number of rotatable bonds is 13. The van der Waals surface area contributed by atoms with Crippen molar-refractivity contribution in [1.82, 2.24) is 0 Å². The Morgan fingerprint density at radius 2 is 1.65 bits per heavy atom. The first kappa shape index (κ1) is 31.2. The summed E-state index contributed by atoms with van der Waals surface area (Å²) < 4.78 is 26.7. The van der Waals surface area contributed by atoms with Crippen molar-refractivity contribution in [3.8, 4) is 0 Å². The second-order valence-electron chi connectivity index (χ2n) is 11.7. The smallest absolute Gasteiger partial charge is 0.147 e. The van der Waals surface area contributed by atoms with Gasteiger partial charge in [-0.1, -0.05) is 90.9 Å². The molecule has 0 saturated heterocycles. The van der Waals surface area contributed by atoms with Gasteiger partial charge in [-0.2, -0.15) is 0 Å². The van der Waals surface area contributed by atoms with Crippen LogP contribution in [-0.2, 0) is 32.2 Å². The summed E-state index contributed by atoms with van der Waals surface area (Å²) in [7, 11) is 1.70. The van der Waals surface area contributed by atoms with Crippen LogP contribution in [0, 0.1) is 10.8 Å². The van der Waals surface area contributed by atoms with Crippen molar-refractivity contribution in [3.63, 3.8) is 0 Å². The lowest BCUT2D eigenvalue weighted by atomic mass is 9.60. The molecule has 0 aliphatic heterocycles. The zero-order chi connectivity index (χ0) is 28.6. The third-order valence-corrected chi connectivity index (χ3v) is 11.2. The van der Waals surface area contributed by atoms with Gasteiger partial charge in [-0.15, -0.1) is 6.58 Å². The quantitative estimate of drug-likeness (QED) is 0.123. The number of methoxy groups -OCH3 is 1. The molecular formula is C35H45IO4. The number of ether oxygens (including phenoxy) is 4. The Morgan fingerprint density at radius 3 is 2.27 bits per heavy atom. The van der Waals surface area contributed by atoms with Crippen LogP contribution in [0.3, 0.4) is 0 Å². The molecule has 0 fully saturated rings. The van der Waals surface area contributed by atoms with Gasteiger partial charge in [0.2, 0.25) is 0 Å². The molecule has 0 unspecified atom stereocenters. The fraction of sp³-hybridized carbons (Fsp3) is 0.486. The molecule has 2 aromatic rings. The van der Waals surface area contributed by atoms with Gasteiger partial charge in [-0.05, 0) is 79.7 Å². The highest BCUT2D eigenvalue weighted by Gasteiger charge is 2.55. The maximum atomic E-state index is 6.80. The highest BCUT2D eigenvalue weighted by atomic mass is 127. The number of halogens is 1. The Kier molecular flexibility index (Phi) is 10.9. The van der Waals surface area contributed by atoms with Crippen LogP contribution in [0.1, 0.15) is 64.0 Å². The predicted molar refractivity (Wildman–Crippen MR) is 171 cm³/mol. The predicted octanol–water partition coefficient (Wildman–Crippen LogP) is 8.96. The second kappa shape index (κ2) is 13.9. The second-order valence-corrected chi connectivity index (χ2v) is 12.8. The number of allylic oxidation sites excluding steroid dienone is 2. The van der Waals surface area contributed by atoms with E-state index in [1.165, 1.54) is 25.9 Å². The molecule has 0 radical (unpaired) electrons. The molecular weight excluding hydrogens is 611 g/mol. The average Bonchev–Trinajstić information content (AvgIpc) is 2.98. The van der Waals surface area contributed by atoms with E-state index >= 15 is 0 Å². The van der Waals surface area contributed by atoms with Crippen molar-refractivity contribution in [2.24, 2.45) is 10.8 Å². The van der Waals surface area contributed by atoms with Crippen LogP contribution < -0.4 is 0 Å². The van der Waals surface area contributed by atoms with Gasteiger partial charge >= 0.3 is 0 Å². The highest BCUT2D eigenvalue weighted by molar-refractivity contribution is 14.1. The first-order valence-corrected chi connectivity index (χ1v) is 15.4. The van der Waals surface area contributed by atoms with E-state index in [0.29, 0.717) is 19.8 Å². The lowest BCUT2D eigenvalue weighted by molar-refractivity contribution is -0.194. The molecule has 4 rings (SSSR count). The Labute approximate surface area is 255 Å². The van der Waals surface area contributed by atoms with Crippen molar-refractivity contribution in [1.29, 1.82) is 0 Å². The van der Waals surface area contributed by atoms with Crippen LogP contribution in [-0.4, -0.2) is 32.2 Å². The minimum Gasteiger partial charge on any atom is -0.376 e. The molecule has 40 heavy (non-hydrogen) atoms. The van der Waals surface area contributed by atoms with Crippen LogP contribution in [0.15, 0.2) is 94.1 Å². The topological polar surface area (TPSA) is 36.9 Å². The molecule has 0 spiro atoms. The van der Waals surface area contributed by atoms with E-state index in [2.05, 4.69) is 111 Å². The minimum atomic E-state index is -0.493. The first-order valence-electron chi connectivity index (χ1n) is 14.4. The van der Waals surface area contributed by atoms with Gasteiger partial charge in [0.15, 0.2) is 0 Å². The molecule has 2 aliphatic rings. The molecule has 0 heterocycles. The fourth-order valence-corrected chi connectivity index (χ4v) is 7.24. The van der Waals surface area contributed by atoms with Crippen molar-refractivity contribution < 1.29 is 18.9 Å². The first-order chi connectivity index (χ1) is 19.3. The zero-order valence-electron chi connectivity index (χ0n) is 24.6. The molecule has 0 amide bonds. The molecule has 0 saturated carbocycles. The van der Waals surface area contributed by atoms with E-state index in [4.69, 9.17) is 18.9 Å². The fourth-order valence-electron chi connectivity index (χ4n) is 6.32. The van der Waals surface area contributed by atoms with Gasteiger partial charge < -0.3 is 18.9 Å². The largest absolute Gasteiger partial charge is 0.376 e. The third kappa shape index (κ3) is 6.65. The number of hydrogen-bond donors (Lipinski definition) is 0. The normalized spacial score (nSPS) is 28.8. The molecule has 4 nitrogen and oxygen atoms in total. The van der Waals surface area contributed by atoms with Crippen LogP contribution in [0.25, 0.3) is 0 Å². The zero-order valence-corrected chi connectivity index (χ0v) is 26.7. The summed E-state index contributed by atoms with van der Waals surface area (Å²) in [4.78, 5) is 0. The van der Waals surface area contributed by atoms with Gasteiger partial charge in [0.05, 0.1) is 36.9 Å². The van der Waals surface area contributed by atoms with Crippen LogP contribution in [0.4, 0.5) is 0 Å². The Bertz CT molecular complexity index is 1180. The van der Waals surface area contributed by atoms with Crippen molar-refractivity contribution in [3.05, 3.63) is 105 Å². The van der Waals surface area contributed by atoms with E-state index in [0.717, 1.165) is 32.1 Å². The standard InChI is InChI=1S/C35H45IO4/c1-6-33(3)30(18-13-19-31(33)39-24-29-16-11-8-12-17-29)22-35(40-26-37-5)21-20-27(2)32(36)34(35,4)25-38-23-28-14-9-7-10-15-28/h6-12,14-18,31H,1,13,19-26H2,2-5H3/t31-,33-,34-,35+/m0/s1. The van der Waals surface area contributed by atoms with Crippen molar-refractivity contribution >= 4 is 22.6 Å². The van der Waals surface area contributed by atoms with Crippen molar-refractivity contribution in [2.45, 2.75) is 77.8 Å². The molecule has 0 aromatic heterocycles. The summed E-state index contributed by atoms with van der Waals surface area (Å²) in [5.74, 6) is 0. The van der Waals surface area contributed by atoms with Gasteiger partial charge in [0.1, 0.15) is 6.79 Å². The highest BCUT2D eigenvalue weighted by Crippen LogP contribution is 2.57. The van der Waals surface area contributed by atoms with Gasteiger partial charge in [-0.25, -0.2) is 0 Å².